The molecule has 3 rings (SSSR count). The van der Waals surface area contributed by atoms with Crippen molar-refractivity contribution in [1.82, 2.24) is 19.9 Å². The second kappa shape index (κ2) is 9.47. The van der Waals surface area contributed by atoms with E-state index in [0.29, 0.717) is 16.6 Å². The first-order chi connectivity index (χ1) is 14.2. The molecule has 162 valence electrons. The van der Waals surface area contributed by atoms with Crippen molar-refractivity contribution in [2.75, 3.05) is 5.32 Å². The minimum Gasteiger partial charge on any atom is -0.409 e. The number of hydrogen-bond donors (Lipinski definition) is 4. The van der Waals surface area contributed by atoms with Crippen LogP contribution in [-0.4, -0.2) is 37.0 Å². The van der Waals surface area contributed by atoms with E-state index in [2.05, 4.69) is 30.4 Å². The van der Waals surface area contributed by atoms with Gasteiger partial charge in [0.1, 0.15) is 17.3 Å². The number of halogens is 2. The summed E-state index contributed by atoms with van der Waals surface area (Å²) in [6.45, 7) is 9.80. The van der Waals surface area contributed by atoms with Crippen molar-refractivity contribution < 1.29 is 14.0 Å². The van der Waals surface area contributed by atoms with E-state index in [1.165, 1.54) is 6.07 Å². The zero-order valence-electron chi connectivity index (χ0n) is 17.7. The molecular weight excluding hydrogens is 392 g/mol. The Kier molecular flexibility index (Phi) is 7.25. The number of aromatic nitrogens is 4. The lowest BCUT2D eigenvalue weighted by Gasteiger charge is -2.31. The number of anilines is 1. The molecule has 0 aliphatic carbocycles. The highest BCUT2D eigenvalue weighted by Crippen LogP contribution is 2.29. The van der Waals surface area contributed by atoms with Gasteiger partial charge >= 0.3 is 0 Å². The van der Waals surface area contributed by atoms with Crippen LogP contribution in [0, 0.1) is 17.0 Å². The predicted molar refractivity (Wildman–Crippen MR) is 113 cm³/mol. The van der Waals surface area contributed by atoms with Crippen LogP contribution in [0.25, 0.3) is 22.4 Å². The van der Waals surface area contributed by atoms with Gasteiger partial charge in [0.2, 0.25) is 0 Å². The molecule has 0 aromatic carbocycles. The SMILES string of the molecule is CC.CC(C)(C)C(C/C(N)=N/O)Nc1nc(-c2c[nH]c3ncc(F)cc23)ncc1F. The highest BCUT2D eigenvalue weighted by atomic mass is 19.1. The topological polar surface area (TPSA) is 125 Å². The number of H-pyrrole nitrogens is 1. The van der Waals surface area contributed by atoms with Gasteiger partial charge in [-0.3, -0.25) is 0 Å². The van der Waals surface area contributed by atoms with Gasteiger partial charge in [0.05, 0.1) is 12.4 Å². The van der Waals surface area contributed by atoms with Gasteiger partial charge in [-0.2, -0.15) is 0 Å². The Bertz CT molecular complexity index is 1030. The van der Waals surface area contributed by atoms with E-state index < -0.39 is 11.6 Å². The lowest BCUT2D eigenvalue weighted by molar-refractivity contribution is 0.309. The second-order valence-electron chi connectivity index (χ2n) is 7.50. The third-order valence-electron chi connectivity index (χ3n) is 4.38. The maximum absolute atomic E-state index is 14.4. The van der Waals surface area contributed by atoms with E-state index >= 15 is 0 Å². The zero-order chi connectivity index (χ0) is 22.5. The standard InChI is InChI=1S/C18H21F2N7O.C2H6/c1-18(2,3)13(5-14(21)27-28)25-17-12(20)8-24-16(26-17)11-7-23-15-10(11)4-9(19)6-22-15;1-2/h4,6-8,13,28H,5H2,1-3H3,(H2,21,27)(H,22,23)(H,24,25,26);1-2H3. The van der Waals surface area contributed by atoms with E-state index in [0.717, 1.165) is 12.4 Å². The number of rotatable bonds is 5. The number of amidine groups is 1. The summed E-state index contributed by atoms with van der Waals surface area (Å²) in [6, 6.07) is 0.937. The molecule has 3 aromatic heterocycles. The normalized spacial score (nSPS) is 13.0. The summed E-state index contributed by atoms with van der Waals surface area (Å²) in [5.41, 5.74) is 6.25. The van der Waals surface area contributed by atoms with Crippen LogP contribution in [0.15, 0.2) is 29.8 Å². The number of nitrogens with two attached hydrogens (primary N) is 1. The molecule has 0 aliphatic heterocycles. The van der Waals surface area contributed by atoms with Crippen molar-refractivity contribution in [3.05, 3.63) is 36.3 Å². The maximum atomic E-state index is 14.4. The Balaban J connectivity index is 0.00000155. The fraction of sp³-hybridized carbons (Fsp3) is 0.400. The van der Waals surface area contributed by atoms with E-state index in [-0.39, 0.29) is 35.4 Å². The summed E-state index contributed by atoms with van der Waals surface area (Å²) in [5.74, 6) is -0.962. The van der Waals surface area contributed by atoms with Crippen molar-refractivity contribution in [2.45, 2.75) is 47.1 Å². The molecule has 0 bridgehead atoms. The summed E-state index contributed by atoms with van der Waals surface area (Å²) >= 11 is 0. The van der Waals surface area contributed by atoms with Crippen LogP contribution >= 0.6 is 0 Å². The molecule has 1 unspecified atom stereocenters. The van der Waals surface area contributed by atoms with Crippen molar-refractivity contribution in [1.29, 1.82) is 0 Å². The van der Waals surface area contributed by atoms with Crippen LogP contribution in [0.4, 0.5) is 14.6 Å². The first-order valence-corrected chi connectivity index (χ1v) is 9.57. The summed E-state index contributed by atoms with van der Waals surface area (Å²) in [7, 11) is 0. The van der Waals surface area contributed by atoms with Crippen LogP contribution in [0.5, 0.6) is 0 Å². The van der Waals surface area contributed by atoms with Crippen LogP contribution in [0.1, 0.15) is 41.0 Å². The number of oxime groups is 1. The van der Waals surface area contributed by atoms with Crippen molar-refractivity contribution >= 4 is 22.7 Å². The Labute approximate surface area is 173 Å². The molecule has 0 radical (unpaired) electrons. The van der Waals surface area contributed by atoms with Crippen LogP contribution in [0.3, 0.4) is 0 Å². The monoisotopic (exact) mass is 419 g/mol. The fourth-order valence-electron chi connectivity index (χ4n) is 2.75. The first-order valence-electron chi connectivity index (χ1n) is 9.57. The lowest BCUT2D eigenvalue weighted by Crippen LogP contribution is -2.38. The summed E-state index contributed by atoms with van der Waals surface area (Å²) in [4.78, 5) is 15.2. The predicted octanol–water partition coefficient (Wildman–Crippen LogP) is 4.29. The number of fused-ring (bicyclic) bond motifs is 1. The average molecular weight is 419 g/mol. The molecule has 0 fully saturated rings. The minimum absolute atomic E-state index is 0.0142. The molecule has 10 heteroatoms. The van der Waals surface area contributed by atoms with Gasteiger partial charge in [0.25, 0.3) is 0 Å². The summed E-state index contributed by atoms with van der Waals surface area (Å²) in [6.07, 6.45) is 3.91. The lowest BCUT2D eigenvalue weighted by atomic mass is 9.84. The summed E-state index contributed by atoms with van der Waals surface area (Å²) < 4.78 is 28.0. The van der Waals surface area contributed by atoms with Gasteiger partial charge in [0.15, 0.2) is 17.5 Å². The third kappa shape index (κ3) is 5.19. The Morgan fingerprint density at radius 2 is 1.97 bits per heavy atom. The number of hydrogen-bond acceptors (Lipinski definition) is 6. The molecule has 0 amide bonds. The smallest absolute Gasteiger partial charge is 0.183 e. The number of pyridine rings is 1. The highest BCUT2D eigenvalue weighted by Gasteiger charge is 2.27. The molecule has 3 heterocycles. The molecular formula is C20H27F2N7O. The number of nitrogens with one attached hydrogen (secondary N) is 2. The van der Waals surface area contributed by atoms with Crippen LogP contribution in [-0.2, 0) is 0 Å². The van der Waals surface area contributed by atoms with Gasteiger partial charge in [-0.05, 0) is 11.5 Å². The Morgan fingerprint density at radius 3 is 2.60 bits per heavy atom. The molecule has 0 saturated heterocycles. The molecule has 0 saturated carbocycles. The summed E-state index contributed by atoms with van der Waals surface area (Å²) in [5, 5.41) is 15.3. The molecule has 1 atom stereocenters. The van der Waals surface area contributed by atoms with Crippen molar-refractivity contribution in [3.8, 4) is 11.4 Å². The average Bonchev–Trinajstić information content (AvgIpc) is 3.12. The number of aromatic amines is 1. The quantitative estimate of drug-likeness (QED) is 0.212. The second-order valence-corrected chi connectivity index (χ2v) is 7.50. The first kappa shape index (κ1) is 23.0. The molecule has 0 aliphatic rings. The van der Waals surface area contributed by atoms with Crippen LogP contribution < -0.4 is 11.1 Å². The van der Waals surface area contributed by atoms with E-state index in [4.69, 9.17) is 10.9 Å². The minimum atomic E-state index is -0.651. The Hall–Kier alpha value is -3.30. The molecule has 3 aromatic rings. The maximum Gasteiger partial charge on any atom is 0.183 e. The third-order valence-corrected chi connectivity index (χ3v) is 4.38. The van der Waals surface area contributed by atoms with Gasteiger partial charge in [0, 0.05) is 29.6 Å². The van der Waals surface area contributed by atoms with Crippen molar-refractivity contribution in [3.63, 3.8) is 0 Å². The molecule has 5 N–H and O–H groups in total. The fourth-order valence-corrected chi connectivity index (χ4v) is 2.75. The van der Waals surface area contributed by atoms with E-state index in [9.17, 15) is 8.78 Å². The number of nitrogens with zero attached hydrogens (tertiary/aromatic N) is 4. The van der Waals surface area contributed by atoms with Gasteiger partial charge < -0.3 is 21.2 Å². The Morgan fingerprint density at radius 1 is 1.27 bits per heavy atom. The molecule has 8 nitrogen and oxygen atoms in total. The highest BCUT2D eigenvalue weighted by molar-refractivity contribution is 5.91. The van der Waals surface area contributed by atoms with Crippen LogP contribution in [0.2, 0.25) is 0 Å². The van der Waals surface area contributed by atoms with Gasteiger partial charge in [-0.1, -0.05) is 39.8 Å². The molecule has 30 heavy (non-hydrogen) atoms. The van der Waals surface area contributed by atoms with Gasteiger partial charge in [-0.15, -0.1) is 0 Å². The zero-order valence-corrected chi connectivity index (χ0v) is 17.7. The largest absolute Gasteiger partial charge is 0.409 e. The van der Waals surface area contributed by atoms with E-state index in [1.54, 1.807) is 6.20 Å². The van der Waals surface area contributed by atoms with Gasteiger partial charge in [-0.25, -0.2) is 23.7 Å². The van der Waals surface area contributed by atoms with Crippen molar-refractivity contribution in [2.24, 2.45) is 16.3 Å². The van der Waals surface area contributed by atoms with E-state index in [1.807, 2.05) is 34.6 Å². The molecule has 0 spiro atoms.